The molecule has 0 bridgehead atoms. The quantitative estimate of drug-likeness (QED) is 0.275. The topological polar surface area (TPSA) is 71.1 Å². The van der Waals surface area contributed by atoms with E-state index in [-0.39, 0.29) is 23.8 Å². The third-order valence-electron chi connectivity index (χ3n) is 4.91. The van der Waals surface area contributed by atoms with Gasteiger partial charge in [0.1, 0.15) is 11.5 Å². The molecule has 2 aromatic carbocycles. The zero-order valence-electron chi connectivity index (χ0n) is 19.9. The minimum atomic E-state index is -0.343. The first-order valence-corrected chi connectivity index (χ1v) is 12.4. The molecule has 7 heteroatoms. The van der Waals surface area contributed by atoms with Gasteiger partial charge in [0.05, 0.1) is 13.2 Å². The van der Waals surface area contributed by atoms with Gasteiger partial charge in [-0.05, 0) is 26.0 Å². The van der Waals surface area contributed by atoms with Gasteiger partial charge in [-0.25, -0.2) is 0 Å². The maximum atomic E-state index is 11.6. The van der Waals surface area contributed by atoms with Crippen LogP contribution in [0.3, 0.4) is 0 Å². The Morgan fingerprint density at radius 2 is 1.12 bits per heavy atom. The number of ether oxygens (including phenoxy) is 4. The van der Waals surface area contributed by atoms with Gasteiger partial charge in [-0.2, -0.15) is 11.8 Å². The Kier molecular flexibility index (Phi) is 12.0. The van der Waals surface area contributed by atoms with E-state index in [0.29, 0.717) is 37.9 Å². The van der Waals surface area contributed by atoms with E-state index in [1.54, 1.807) is 11.8 Å². The maximum absolute atomic E-state index is 11.6. The lowest BCUT2D eigenvalue weighted by atomic mass is 10.0. The summed E-state index contributed by atoms with van der Waals surface area (Å²) in [6.07, 6.45) is 0. The summed E-state index contributed by atoms with van der Waals surface area (Å²) in [5, 5.41) is 0. The van der Waals surface area contributed by atoms with E-state index in [0.717, 1.165) is 22.6 Å². The third kappa shape index (κ3) is 9.20. The van der Waals surface area contributed by atoms with Crippen molar-refractivity contribution in [3.8, 4) is 11.5 Å². The number of hydrogen-bond donors (Lipinski definition) is 0. The van der Waals surface area contributed by atoms with Crippen molar-refractivity contribution in [3.63, 3.8) is 0 Å². The van der Waals surface area contributed by atoms with Crippen molar-refractivity contribution < 1.29 is 28.5 Å². The van der Waals surface area contributed by atoms with Crippen LogP contribution < -0.4 is 9.47 Å². The predicted octanol–water partition coefficient (Wildman–Crippen LogP) is 5.21. The fourth-order valence-electron chi connectivity index (χ4n) is 3.46. The molecule has 2 rings (SSSR count). The molecule has 180 valence electrons. The number of para-hydroxylation sites is 2. The molecule has 33 heavy (non-hydrogen) atoms. The fourth-order valence-corrected chi connectivity index (χ4v) is 4.72. The molecule has 0 aliphatic heterocycles. The molecule has 0 amide bonds. The van der Waals surface area contributed by atoms with Crippen LogP contribution in [0.15, 0.2) is 48.5 Å². The van der Waals surface area contributed by atoms with Crippen LogP contribution in [0.1, 0.15) is 50.7 Å². The van der Waals surface area contributed by atoms with Crippen molar-refractivity contribution in [3.05, 3.63) is 59.7 Å². The van der Waals surface area contributed by atoms with E-state index in [1.165, 1.54) is 13.8 Å². The molecule has 0 saturated heterocycles. The van der Waals surface area contributed by atoms with Gasteiger partial charge in [0.15, 0.2) is 0 Å². The van der Waals surface area contributed by atoms with Crippen molar-refractivity contribution in [2.45, 2.75) is 39.5 Å². The molecule has 0 radical (unpaired) electrons. The van der Waals surface area contributed by atoms with Gasteiger partial charge in [-0.3, -0.25) is 9.59 Å². The minimum absolute atomic E-state index is 0.0574. The Hall–Kier alpha value is -2.35. The molecule has 2 unspecified atom stereocenters. The van der Waals surface area contributed by atoms with Crippen LogP contribution in [0.5, 0.6) is 11.5 Å². The molecule has 0 N–H and O–H groups in total. The van der Waals surface area contributed by atoms with Gasteiger partial charge in [0.2, 0.25) is 0 Å². The third-order valence-corrected chi connectivity index (χ3v) is 6.19. The molecular weight excluding hydrogens is 440 g/mol. The summed E-state index contributed by atoms with van der Waals surface area (Å²) in [7, 11) is 0. The summed E-state index contributed by atoms with van der Waals surface area (Å²) < 4.78 is 22.4. The van der Waals surface area contributed by atoms with E-state index in [2.05, 4.69) is 0 Å². The van der Waals surface area contributed by atoms with Gasteiger partial charge in [0.25, 0.3) is 0 Å². The van der Waals surface area contributed by atoms with Crippen LogP contribution in [-0.2, 0) is 19.1 Å². The molecule has 0 aliphatic rings. The van der Waals surface area contributed by atoms with Crippen molar-refractivity contribution in [2.24, 2.45) is 0 Å². The van der Waals surface area contributed by atoms with Gasteiger partial charge < -0.3 is 18.9 Å². The summed E-state index contributed by atoms with van der Waals surface area (Å²) in [5.41, 5.74) is 1.91. The molecule has 0 spiro atoms. The highest BCUT2D eigenvalue weighted by atomic mass is 32.2. The Morgan fingerprint density at radius 3 is 1.48 bits per heavy atom. The predicted molar refractivity (Wildman–Crippen MR) is 131 cm³/mol. The van der Waals surface area contributed by atoms with E-state index in [9.17, 15) is 9.59 Å². The zero-order valence-corrected chi connectivity index (χ0v) is 20.7. The average Bonchev–Trinajstić information content (AvgIpc) is 2.78. The van der Waals surface area contributed by atoms with Crippen LogP contribution in [0, 0.1) is 0 Å². The average molecular weight is 475 g/mol. The lowest BCUT2D eigenvalue weighted by Crippen LogP contribution is -2.17. The molecule has 0 aliphatic carbocycles. The smallest absolute Gasteiger partial charge is 0.308 e. The molecule has 2 atom stereocenters. The first kappa shape index (κ1) is 26.9. The van der Waals surface area contributed by atoms with Crippen molar-refractivity contribution in [1.82, 2.24) is 0 Å². The number of benzene rings is 2. The van der Waals surface area contributed by atoms with Crippen molar-refractivity contribution >= 4 is 23.7 Å². The van der Waals surface area contributed by atoms with Crippen LogP contribution in [0.4, 0.5) is 0 Å². The summed E-state index contributed by atoms with van der Waals surface area (Å²) >= 11 is 1.77. The highest BCUT2D eigenvalue weighted by Crippen LogP contribution is 2.34. The van der Waals surface area contributed by atoms with E-state index >= 15 is 0 Å². The second-order valence-electron chi connectivity index (χ2n) is 7.51. The molecule has 2 aromatic rings. The van der Waals surface area contributed by atoms with Crippen LogP contribution in [-0.4, -0.2) is 49.9 Å². The summed E-state index contributed by atoms with van der Waals surface area (Å²) in [5.74, 6) is 2.12. The van der Waals surface area contributed by atoms with E-state index in [1.807, 2.05) is 62.4 Å². The highest BCUT2D eigenvalue weighted by Gasteiger charge is 2.21. The monoisotopic (exact) mass is 474 g/mol. The normalized spacial score (nSPS) is 12.7. The van der Waals surface area contributed by atoms with Crippen molar-refractivity contribution in [2.75, 3.05) is 37.9 Å². The molecule has 0 fully saturated rings. The number of hydrogen-bond acceptors (Lipinski definition) is 7. The fraction of sp³-hybridized carbons (Fsp3) is 0.462. The number of carbonyl (C=O) groups excluding carboxylic acids is 2. The van der Waals surface area contributed by atoms with Crippen LogP contribution in [0.2, 0.25) is 0 Å². The molecular formula is C26H34O6S. The van der Waals surface area contributed by atoms with Crippen LogP contribution >= 0.6 is 11.8 Å². The SMILES string of the molecule is CCOCC(CSCC(COCC)c1ccccc1OC(C)=O)c1ccccc1OC(C)=O. The van der Waals surface area contributed by atoms with Gasteiger partial charge in [-0.15, -0.1) is 0 Å². The lowest BCUT2D eigenvalue weighted by molar-refractivity contribution is -0.132. The minimum Gasteiger partial charge on any atom is -0.426 e. The van der Waals surface area contributed by atoms with Gasteiger partial charge >= 0.3 is 11.9 Å². The first-order chi connectivity index (χ1) is 16.0. The number of rotatable bonds is 14. The van der Waals surface area contributed by atoms with Crippen molar-refractivity contribution in [1.29, 1.82) is 0 Å². The standard InChI is InChI=1S/C26H34O6S/c1-5-29-15-21(23-11-7-9-13-25(23)31-19(3)27)17-33-18-22(16-30-6-2)24-12-8-10-14-26(24)32-20(4)28/h7-14,21-22H,5-6,15-18H2,1-4H3. The van der Waals surface area contributed by atoms with Crippen LogP contribution in [0.25, 0.3) is 0 Å². The van der Waals surface area contributed by atoms with E-state index in [4.69, 9.17) is 18.9 Å². The summed E-state index contributed by atoms with van der Waals surface area (Å²) in [6, 6.07) is 15.2. The number of thioether (sulfide) groups is 1. The van der Waals surface area contributed by atoms with Gasteiger partial charge in [0, 0.05) is 61.5 Å². The Morgan fingerprint density at radius 1 is 0.727 bits per heavy atom. The second kappa shape index (κ2) is 14.7. The number of esters is 2. The molecule has 0 heterocycles. The number of carbonyl (C=O) groups is 2. The highest BCUT2D eigenvalue weighted by molar-refractivity contribution is 7.99. The summed E-state index contributed by atoms with van der Waals surface area (Å²) in [6.45, 7) is 9.02. The second-order valence-corrected chi connectivity index (χ2v) is 8.59. The maximum Gasteiger partial charge on any atom is 0.308 e. The zero-order chi connectivity index (χ0) is 24.1. The molecule has 0 aromatic heterocycles. The first-order valence-electron chi connectivity index (χ1n) is 11.2. The Labute approximate surface area is 200 Å². The van der Waals surface area contributed by atoms with E-state index < -0.39 is 0 Å². The summed E-state index contributed by atoms with van der Waals surface area (Å²) in [4.78, 5) is 23.1. The molecule has 0 saturated carbocycles. The molecule has 6 nitrogen and oxygen atoms in total. The lowest BCUT2D eigenvalue weighted by Gasteiger charge is -2.23. The Balaban J connectivity index is 2.17. The largest absolute Gasteiger partial charge is 0.426 e. The Bertz CT molecular complexity index is 813. The van der Waals surface area contributed by atoms with Gasteiger partial charge in [-0.1, -0.05) is 36.4 Å².